The minimum Gasteiger partial charge on any atom is -0.395 e. The molecule has 0 radical (unpaired) electrons. The Balaban J connectivity index is 1.95. The standard InChI is InChI=1S/C15H29N3O2/c1-3-16(4-2)15(20)18-10-6-7-13(18)11-17-9-5-8-14(17)12-19/h13-14,19H,3-12H2,1-2H3/t13-,14+/m1/s1. The zero-order valence-electron chi connectivity index (χ0n) is 12.9. The van der Waals surface area contributed by atoms with E-state index in [4.69, 9.17) is 0 Å². The Labute approximate surface area is 122 Å². The van der Waals surface area contributed by atoms with Gasteiger partial charge >= 0.3 is 6.03 Å². The molecule has 0 saturated carbocycles. The van der Waals surface area contributed by atoms with Gasteiger partial charge in [-0.3, -0.25) is 4.90 Å². The SMILES string of the molecule is CCN(CC)C(=O)N1CCC[C@@H]1CN1CCC[C@H]1CO. The van der Waals surface area contributed by atoms with Crippen LogP contribution >= 0.6 is 0 Å². The highest BCUT2D eigenvalue weighted by Crippen LogP contribution is 2.24. The van der Waals surface area contributed by atoms with E-state index in [1.54, 1.807) is 0 Å². The summed E-state index contributed by atoms with van der Waals surface area (Å²) in [6.07, 6.45) is 4.46. The first-order valence-corrected chi connectivity index (χ1v) is 8.11. The number of rotatable bonds is 5. The average Bonchev–Trinajstić information content (AvgIpc) is 3.09. The monoisotopic (exact) mass is 283 g/mol. The fraction of sp³-hybridized carbons (Fsp3) is 0.933. The first-order chi connectivity index (χ1) is 9.71. The van der Waals surface area contributed by atoms with Gasteiger partial charge in [0.05, 0.1) is 6.61 Å². The zero-order valence-corrected chi connectivity index (χ0v) is 12.9. The lowest BCUT2D eigenvalue weighted by Crippen LogP contribution is -2.50. The molecule has 2 amide bonds. The Morgan fingerprint density at radius 1 is 1.15 bits per heavy atom. The molecule has 116 valence electrons. The van der Waals surface area contributed by atoms with Gasteiger partial charge in [-0.15, -0.1) is 0 Å². The van der Waals surface area contributed by atoms with Gasteiger partial charge in [0.2, 0.25) is 0 Å². The summed E-state index contributed by atoms with van der Waals surface area (Å²) in [6.45, 7) is 8.76. The third-order valence-electron chi connectivity index (χ3n) is 4.81. The molecule has 2 rings (SSSR count). The third kappa shape index (κ3) is 3.26. The van der Waals surface area contributed by atoms with Crippen molar-refractivity contribution < 1.29 is 9.90 Å². The molecule has 0 unspecified atom stereocenters. The number of amides is 2. The summed E-state index contributed by atoms with van der Waals surface area (Å²) in [5.74, 6) is 0. The summed E-state index contributed by atoms with van der Waals surface area (Å²) < 4.78 is 0. The van der Waals surface area contributed by atoms with Gasteiger partial charge < -0.3 is 14.9 Å². The van der Waals surface area contributed by atoms with Crippen LogP contribution in [-0.2, 0) is 0 Å². The smallest absolute Gasteiger partial charge is 0.320 e. The quantitative estimate of drug-likeness (QED) is 0.829. The lowest BCUT2D eigenvalue weighted by molar-refractivity contribution is 0.114. The average molecular weight is 283 g/mol. The van der Waals surface area contributed by atoms with E-state index >= 15 is 0 Å². The lowest BCUT2D eigenvalue weighted by Gasteiger charge is -2.34. The van der Waals surface area contributed by atoms with E-state index in [1.165, 1.54) is 6.42 Å². The zero-order chi connectivity index (χ0) is 14.5. The van der Waals surface area contributed by atoms with Crippen LogP contribution in [-0.4, -0.2) is 77.3 Å². The van der Waals surface area contributed by atoms with Crippen molar-refractivity contribution in [3.05, 3.63) is 0 Å². The molecule has 2 fully saturated rings. The Hall–Kier alpha value is -0.810. The minimum absolute atomic E-state index is 0.192. The second-order valence-electron chi connectivity index (χ2n) is 5.92. The van der Waals surface area contributed by atoms with E-state index in [0.29, 0.717) is 12.1 Å². The predicted octanol–water partition coefficient (Wildman–Crippen LogP) is 1.37. The highest BCUT2D eigenvalue weighted by molar-refractivity contribution is 5.75. The van der Waals surface area contributed by atoms with Crippen LogP contribution in [0.5, 0.6) is 0 Å². The molecule has 5 nitrogen and oxygen atoms in total. The second kappa shape index (κ2) is 7.27. The maximum atomic E-state index is 12.5. The maximum Gasteiger partial charge on any atom is 0.320 e. The first-order valence-electron chi connectivity index (χ1n) is 8.11. The molecule has 1 N–H and O–H groups in total. The van der Waals surface area contributed by atoms with Gasteiger partial charge in [-0.2, -0.15) is 0 Å². The molecule has 0 aliphatic carbocycles. The summed E-state index contributed by atoms with van der Waals surface area (Å²) in [6, 6.07) is 0.827. The van der Waals surface area contributed by atoms with Crippen molar-refractivity contribution >= 4 is 6.03 Å². The minimum atomic E-state index is 0.192. The van der Waals surface area contributed by atoms with Gasteiger partial charge in [0.15, 0.2) is 0 Å². The van der Waals surface area contributed by atoms with Crippen molar-refractivity contribution in [3.63, 3.8) is 0 Å². The molecule has 0 spiro atoms. The van der Waals surface area contributed by atoms with Crippen LogP contribution in [0.1, 0.15) is 39.5 Å². The number of likely N-dealkylation sites (tertiary alicyclic amines) is 2. The van der Waals surface area contributed by atoms with Crippen LogP contribution in [0.25, 0.3) is 0 Å². The Morgan fingerprint density at radius 3 is 2.45 bits per heavy atom. The van der Waals surface area contributed by atoms with Gasteiger partial charge in [0.1, 0.15) is 0 Å². The topological polar surface area (TPSA) is 47.0 Å². The van der Waals surface area contributed by atoms with Crippen molar-refractivity contribution in [2.45, 2.75) is 51.6 Å². The van der Waals surface area contributed by atoms with E-state index in [0.717, 1.165) is 52.0 Å². The van der Waals surface area contributed by atoms with E-state index < -0.39 is 0 Å². The number of carbonyl (C=O) groups excluding carboxylic acids is 1. The number of carbonyl (C=O) groups is 1. The number of aliphatic hydroxyl groups is 1. The largest absolute Gasteiger partial charge is 0.395 e. The number of hydrogen-bond acceptors (Lipinski definition) is 3. The van der Waals surface area contributed by atoms with Gasteiger partial charge in [-0.05, 0) is 46.1 Å². The van der Waals surface area contributed by atoms with Crippen LogP contribution < -0.4 is 0 Å². The van der Waals surface area contributed by atoms with E-state index in [9.17, 15) is 9.90 Å². The van der Waals surface area contributed by atoms with Crippen molar-refractivity contribution in [3.8, 4) is 0 Å². The van der Waals surface area contributed by atoms with Crippen LogP contribution in [0.3, 0.4) is 0 Å². The highest BCUT2D eigenvalue weighted by Gasteiger charge is 2.34. The predicted molar refractivity (Wildman–Crippen MR) is 79.7 cm³/mol. The van der Waals surface area contributed by atoms with Crippen LogP contribution in [0, 0.1) is 0 Å². The fourth-order valence-corrected chi connectivity index (χ4v) is 3.57. The van der Waals surface area contributed by atoms with Gasteiger partial charge in [-0.25, -0.2) is 4.79 Å². The van der Waals surface area contributed by atoms with E-state index in [2.05, 4.69) is 9.80 Å². The van der Waals surface area contributed by atoms with E-state index in [-0.39, 0.29) is 12.6 Å². The first kappa shape index (κ1) is 15.6. The van der Waals surface area contributed by atoms with Crippen molar-refractivity contribution in [2.75, 3.05) is 39.3 Å². The molecule has 0 aromatic carbocycles. The van der Waals surface area contributed by atoms with Crippen LogP contribution in [0.2, 0.25) is 0 Å². The second-order valence-corrected chi connectivity index (χ2v) is 5.92. The molecule has 2 saturated heterocycles. The van der Waals surface area contributed by atoms with Crippen molar-refractivity contribution in [2.24, 2.45) is 0 Å². The molecule has 2 aliphatic heterocycles. The molecule has 2 heterocycles. The molecular weight excluding hydrogens is 254 g/mol. The normalized spacial score (nSPS) is 27.2. The van der Waals surface area contributed by atoms with Gasteiger partial charge in [0.25, 0.3) is 0 Å². The molecule has 0 aromatic heterocycles. The number of hydrogen-bond donors (Lipinski definition) is 1. The van der Waals surface area contributed by atoms with Gasteiger partial charge in [-0.1, -0.05) is 0 Å². The van der Waals surface area contributed by atoms with Crippen LogP contribution in [0.4, 0.5) is 4.79 Å². The molecule has 2 atom stereocenters. The number of nitrogens with zero attached hydrogens (tertiary/aromatic N) is 3. The Bertz CT molecular complexity index is 320. The molecule has 0 aromatic rings. The Kier molecular flexibility index (Phi) is 5.66. The third-order valence-corrected chi connectivity index (χ3v) is 4.81. The maximum absolute atomic E-state index is 12.5. The summed E-state index contributed by atoms with van der Waals surface area (Å²) in [7, 11) is 0. The summed E-state index contributed by atoms with van der Waals surface area (Å²) in [5.41, 5.74) is 0. The fourth-order valence-electron chi connectivity index (χ4n) is 3.57. The van der Waals surface area contributed by atoms with Crippen molar-refractivity contribution in [1.29, 1.82) is 0 Å². The molecule has 20 heavy (non-hydrogen) atoms. The molecular formula is C15H29N3O2. The number of urea groups is 1. The number of aliphatic hydroxyl groups excluding tert-OH is 1. The van der Waals surface area contributed by atoms with Gasteiger partial charge in [0, 0.05) is 38.3 Å². The van der Waals surface area contributed by atoms with Crippen LogP contribution in [0.15, 0.2) is 0 Å². The Morgan fingerprint density at radius 2 is 1.80 bits per heavy atom. The summed E-state index contributed by atoms with van der Waals surface area (Å²) >= 11 is 0. The molecule has 5 heteroatoms. The van der Waals surface area contributed by atoms with E-state index in [1.807, 2.05) is 18.7 Å². The summed E-state index contributed by atoms with van der Waals surface area (Å²) in [4.78, 5) is 18.9. The highest BCUT2D eigenvalue weighted by atomic mass is 16.3. The summed E-state index contributed by atoms with van der Waals surface area (Å²) in [5, 5.41) is 9.42. The molecule has 0 bridgehead atoms. The van der Waals surface area contributed by atoms with Crippen molar-refractivity contribution in [1.82, 2.24) is 14.7 Å². The lowest BCUT2D eigenvalue weighted by atomic mass is 10.2. The molecule has 2 aliphatic rings.